The lowest BCUT2D eigenvalue weighted by Gasteiger charge is -2.16. The van der Waals surface area contributed by atoms with E-state index < -0.39 is 23.8 Å². The molecule has 2 rings (SSSR count). The van der Waals surface area contributed by atoms with Gasteiger partial charge in [-0.05, 0) is 55.8 Å². The number of hydrogen-bond donors (Lipinski definition) is 1. The van der Waals surface area contributed by atoms with E-state index in [1.54, 1.807) is 25.1 Å². The Morgan fingerprint density at radius 1 is 1.21 bits per heavy atom. The number of aryl methyl sites for hydroxylation is 1. The predicted octanol–water partition coefficient (Wildman–Crippen LogP) is 5.07. The van der Waals surface area contributed by atoms with Gasteiger partial charge in [-0.2, -0.15) is 13.2 Å². The first-order valence-corrected chi connectivity index (χ1v) is 7.45. The van der Waals surface area contributed by atoms with E-state index in [9.17, 15) is 18.0 Å². The Kier molecular flexibility index (Phi) is 5.39. The predicted molar refractivity (Wildman–Crippen MR) is 86.4 cm³/mol. The number of carbonyl (C=O) groups is 1. The number of nitrogens with one attached hydrogen (secondary N) is 1. The van der Waals surface area contributed by atoms with E-state index >= 15 is 0 Å². The molecule has 0 heterocycles. The first-order valence-electron chi connectivity index (χ1n) is 7.08. The molecular weight excluding hydrogens is 343 g/mol. The Bertz CT molecular complexity index is 747. The van der Waals surface area contributed by atoms with Gasteiger partial charge in [0, 0.05) is 10.7 Å². The summed E-state index contributed by atoms with van der Waals surface area (Å²) in [4.78, 5) is 12.1. The van der Waals surface area contributed by atoms with Crippen molar-refractivity contribution < 1.29 is 22.7 Å². The third kappa shape index (κ3) is 4.64. The second kappa shape index (κ2) is 7.13. The zero-order chi connectivity index (χ0) is 17.9. The van der Waals surface area contributed by atoms with Crippen molar-refractivity contribution in [3.05, 3.63) is 58.6 Å². The van der Waals surface area contributed by atoms with Crippen molar-refractivity contribution in [1.82, 2.24) is 0 Å². The van der Waals surface area contributed by atoms with Crippen LogP contribution in [0.15, 0.2) is 42.5 Å². The Morgan fingerprint density at radius 2 is 1.92 bits per heavy atom. The number of rotatable bonds is 4. The van der Waals surface area contributed by atoms with E-state index in [2.05, 4.69) is 5.32 Å². The third-order valence-corrected chi connectivity index (χ3v) is 3.69. The molecule has 0 aliphatic heterocycles. The minimum atomic E-state index is -4.47. The lowest BCUT2D eigenvalue weighted by molar-refractivity contribution is -0.137. The van der Waals surface area contributed by atoms with Gasteiger partial charge in [0.25, 0.3) is 5.91 Å². The zero-order valence-corrected chi connectivity index (χ0v) is 13.7. The minimum absolute atomic E-state index is 0.0533. The molecule has 1 atom stereocenters. The van der Waals surface area contributed by atoms with Crippen molar-refractivity contribution >= 4 is 23.2 Å². The van der Waals surface area contributed by atoms with Crippen LogP contribution in [0.25, 0.3) is 0 Å². The van der Waals surface area contributed by atoms with Crippen LogP contribution < -0.4 is 10.1 Å². The van der Waals surface area contributed by atoms with Crippen molar-refractivity contribution in [1.29, 1.82) is 0 Å². The molecule has 0 aliphatic rings. The molecule has 0 bridgehead atoms. The minimum Gasteiger partial charge on any atom is -0.481 e. The smallest absolute Gasteiger partial charge is 0.416 e. The van der Waals surface area contributed by atoms with E-state index in [1.165, 1.54) is 19.1 Å². The van der Waals surface area contributed by atoms with Crippen molar-refractivity contribution in [2.24, 2.45) is 0 Å². The molecule has 0 saturated heterocycles. The van der Waals surface area contributed by atoms with Crippen LogP contribution in [0.1, 0.15) is 18.1 Å². The maximum atomic E-state index is 12.7. The fourth-order valence-corrected chi connectivity index (χ4v) is 2.08. The Morgan fingerprint density at radius 3 is 2.54 bits per heavy atom. The average Bonchev–Trinajstić information content (AvgIpc) is 2.50. The topological polar surface area (TPSA) is 38.3 Å². The number of carbonyl (C=O) groups excluding carboxylic acids is 1. The van der Waals surface area contributed by atoms with Gasteiger partial charge in [-0.15, -0.1) is 0 Å². The molecule has 0 aliphatic carbocycles. The molecule has 0 spiro atoms. The zero-order valence-electron chi connectivity index (χ0n) is 12.9. The highest BCUT2D eigenvalue weighted by Gasteiger charge is 2.30. The third-order valence-electron chi connectivity index (χ3n) is 3.27. The van der Waals surface area contributed by atoms with E-state index in [0.717, 1.165) is 17.7 Å². The van der Waals surface area contributed by atoms with Crippen LogP contribution in [0, 0.1) is 6.92 Å². The van der Waals surface area contributed by atoms with Gasteiger partial charge in [0.1, 0.15) is 5.75 Å². The molecule has 7 heteroatoms. The first-order chi connectivity index (χ1) is 11.2. The van der Waals surface area contributed by atoms with Gasteiger partial charge in [-0.3, -0.25) is 4.79 Å². The van der Waals surface area contributed by atoms with Gasteiger partial charge in [0.05, 0.1) is 5.56 Å². The van der Waals surface area contributed by atoms with Crippen molar-refractivity contribution in [2.45, 2.75) is 26.1 Å². The maximum Gasteiger partial charge on any atom is 0.416 e. The summed E-state index contributed by atoms with van der Waals surface area (Å²) in [5.74, 6) is -0.106. The molecule has 128 valence electrons. The number of hydrogen-bond acceptors (Lipinski definition) is 2. The number of amides is 1. The van der Waals surface area contributed by atoms with Gasteiger partial charge >= 0.3 is 6.18 Å². The highest BCUT2D eigenvalue weighted by Crippen LogP contribution is 2.30. The van der Waals surface area contributed by atoms with Crippen LogP contribution in [0.4, 0.5) is 18.9 Å². The summed E-state index contributed by atoms with van der Waals surface area (Å²) in [6, 6.07) is 9.35. The molecule has 2 aromatic rings. The second-order valence-electron chi connectivity index (χ2n) is 5.24. The normalized spacial score (nSPS) is 12.6. The molecule has 0 fully saturated rings. The van der Waals surface area contributed by atoms with Crippen molar-refractivity contribution in [3.63, 3.8) is 0 Å². The van der Waals surface area contributed by atoms with Crippen LogP contribution in [0.5, 0.6) is 5.75 Å². The summed E-state index contributed by atoms with van der Waals surface area (Å²) in [6.45, 7) is 3.30. The Hall–Kier alpha value is -2.21. The van der Waals surface area contributed by atoms with Crippen LogP contribution in [-0.2, 0) is 11.0 Å². The summed E-state index contributed by atoms with van der Waals surface area (Å²) in [6.07, 6.45) is -5.36. The van der Waals surface area contributed by atoms with Gasteiger partial charge in [-0.25, -0.2) is 0 Å². The standard InChI is InChI=1S/C17H15ClF3NO2/c1-10-8-14(6-7-15(10)18)24-11(2)16(23)22-13-5-3-4-12(9-13)17(19,20)21/h3-9,11H,1-2H3,(H,22,23)/t11-/m0/s1. The lowest BCUT2D eigenvalue weighted by Crippen LogP contribution is -2.30. The van der Waals surface area contributed by atoms with Crippen molar-refractivity contribution in [2.75, 3.05) is 5.32 Å². The number of halogens is 4. The summed E-state index contributed by atoms with van der Waals surface area (Å²) in [7, 11) is 0. The monoisotopic (exact) mass is 357 g/mol. The van der Waals surface area contributed by atoms with Crippen molar-refractivity contribution in [3.8, 4) is 5.75 Å². The molecular formula is C17H15ClF3NO2. The lowest BCUT2D eigenvalue weighted by atomic mass is 10.2. The summed E-state index contributed by atoms with van der Waals surface area (Å²) >= 11 is 5.91. The fraction of sp³-hybridized carbons (Fsp3) is 0.235. The van der Waals surface area contributed by atoms with E-state index in [0.29, 0.717) is 10.8 Å². The number of benzene rings is 2. The molecule has 1 N–H and O–H groups in total. The number of ether oxygens (including phenoxy) is 1. The van der Waals surface area contributed by atoms with Crippen LogP contribution in [-0.4, -0.2) is 12.0 Å². The largest absolute Gasteiger partial charge is 0.481 e. The van der Waals surface area contributed by atoms with E-state index in [1.807, 2.05) is 0 Å². The Balaban J connectivity index is 2.05. The molecule has 2 aromatic carbocycles. The molecule has 0 saturated carbocycles. The van der Waals surface area contributed by atoms with Gasteiger partial charge in [0.2, 0.25) is 0 Å². The molecule has 0 radical (unpaired) electrons. The molecule has 0 aromatic heterocycles. The highest BCUT2D eigenvalue weighted by atomic mass is 35.5. The fourth-order valence-electron chi connectivity index (χ4n) is 1.97. The Labute approximate surface area is 142 Å². The van der Waals surface area contributed by atoms with E-state index in [-0.39, 0.29) is 5.69 Å². The number of alkyl halides is 3. The molecule has 0 unspecified atom stereocenters. The quantitative estimate of drug-likeness (QED) is 0.829. The summed E-state index contributed by atoms with van der Waals surface area (Å²) in [5, 5.41) is 2.98. The van der Waals surface area contributed by atoms with Gasteiger partial charge < -0.3 is 10.1 Å². The molecule has 1 amide bonds. The molecule has 3 nitrogen and oxygen atoms in total. The average molecular weight is 358 g/mol. The summed E-state index contributed by atoms with van der Waals surface area (Å²) < 4.78 is 43.5. The van der Waals surface area contributed by atoms with Crippen LogP contribution in [0.3, 0.4) is 0 Å². The van der Waals surface area contributed by atoms with Gasteiger partial charge in [0.15, 0.2) is 6.10 Å². The SMILES string of the molecule is Cc1cc(O[C@@H](C)C(=O)Nc2cccc(C(F)(F)F)c2)ccc1Cl. The van der Waals surface area contributed by atoms with Gasteiger partial charge in [-0.1, -0.05) is 17.7 Å². The van der Waals surface area contributed by atoms with Crippen LogP contribution in [0.2, 0.25) is 5.02 Å². The first kappa shape index (κ1) is 18.1. The van der Waals surface area contributed by atoms with E-state index in [4.69, 9.17) is 16.3 Å². The van der Waals surface area contributed by atoms with Crippen LogP contribution >= 0.6 is 11.6 Å². The molecule has 24 heavy (non-hydrogen) atoms. The summed E-state index contributed by atoms with van der Waals surface area (Å²) in [5.41, 5.74) is 0.0133. The maximum absolute atomic E-state index is 12.7. The highest BCUT2D eigenvalue weighted by molar-refractivity contribution is 6.31. The second-order valence-corrected chi connectivity index (χ2v) is 5.65. The number of anilines is 1.